The van der Waals surface area contributed by atoms with E-state index in [1.165, 1.54) is 50.1 Å². The molecule has 19 atom stereocenters. The van der Waals surface area contributed by atoms with Crippen molar-refractivity contribution >= 4 is 74.6 Å². The van der Waals surface area contributed by atoms with E-state index in [1.54, 1.807) is 13.8 Å². The second-order valence-corrected chi connectivity index (χ2v) is 25.9. The van der Waals surface area contributed by atoms with Crippen LogP contribution in [0.2, 0.25) is 0 Å². The molecular formula is C59H81B4NO19P2. The van der Waals surface area contributed by atoms with E-state index in [4.69, 9.17) is 56.8 Å². The fourth-order valence-electron chi connectivity index (χ4n) is 11.6. The molecule has 0 saturated carbocycles. The van der Waals surface area contributed by atoms with Crippen LogP contribution in [0.3, 0.4) is 0 Å². The van der Waals surface area contributed by atoms with Gasteiger partial charge in [-0.05, 0) is 49.2 Å². The van der Waals surface area contributed by atoms with Gasteiger partial charge in [0.1, 0.15) is 12.4 Å². The quantitative estimate of drug-likeness (QED) is 0.0244. The molecule has 7 rings (SSSR count). The summed E-state index contributed by atoms with van der Waals surface area (Å²) in [6.45, 7) is 18.2. The van der Waals surface area contributed by atoms with Crippen LogP contribution in [-0.4, -0.2) is 167 Å². The summed E-state index contributed by atoms with van der Waals surface area (Å²) in [6, 6.07) is 24.6. The minimum atomic E-state index is -2.14. The molecule has 0 N–H and O–H groups in total. The summed E-state index contributed by atoms with van der Waals surface area (Å²) in [5, 5.41) is 0. The van der Waals surface area contributed by atoms with Crippen molar-refractivity contribution in [2.75, 3.05) is 20.3 Å². The van der Waals surface area contributed by atoms with Gasteiger partial charge >= 0.3 is 324 Å². The first-order valence-electron chi connectivity index (χ1n) is 29.3. The first-order chi connectivity index (χ1) is 40.6. The van der Waals surface area contributed by atoms with Gasteiger partial charge in [0.15, 0.2) is 5.78 Å². The molecule has 0 radical (unpaired) electrons. The topological polar surface area (TPSA) is 233 Å². The number of hydrogen-bond donors (Lipinski definition) is 0. The first kappa shape index (κ1) is 67.8. The van der Waals surface area contributed by atoms with Crippen molar-refractivity contribution in [1.29, 1.82) is 0 Å². The maximum atomic E-state index is 14.4. The normalized spacial score (nSPS) is 30.7. The van der Waals surface area contributed by atoms with Gasteiger partial charge in [-0.1, -0.05) is 60.7 Å². The standard InChI is InChI=1S/C59H81B4NO19P2/c1-12-33(3)46-52(84-62-60-70)36(6)48(75-37(7)65)54(78-46)80-50-51(76-38(8)66)55(79-47(34(4)13-2)53(50)85-63-61-71)77-45-35(5)28-59(56(68)72-11,83-49(45)44-32-74-58(9,10)82-44)81-42-26-24-41(25-27-42)43(67)30-64(29-39-20-16-14-17-21-39)57(69)73-31-40-22-18-15-19-23-40/h14-27,33-36,44-55,62-63,84-85H,12-13,28-32H2,1-11H3/t33-,34-,35+,36?,44+,45+,46-,47?,48?,49?,50+,51?,52-,53+,54+,55-,59+/m0/s1. The number of nitrogens with zero attached hydrogens (tertiary/aromatic N) is 1. The van der Waals surface area contributed by atoms with Gasteiger partial charge in [0, 0.05) is 12.1 Å². The molecule has 3 aromatic rings. The number of ketones is 1. The van der Waals surface area contributed by atoms with Crippen LogP contribution < -0.4 is 4.74 Å². The zero-order valence-electron chi connectivity index (χ0n) is 50.5. The molecule has 4 heterocycles. The van der Waals surface area contributed by atoms with Crippen LogP contribution in [0.25, 0.3) is 0 Å². The number of hydrogen-bond acceptors (Lipinski definition) is 19. The van der Waals surface area contributed by atoms with Crippen LogP contribution >= 0.6 is 16.9 Å². The molecule has 7 unspecified atom stereocenters. The third kappa shape index (κ3) is 17.5. The van der Waals surface area contributed by atoms with Crippen molar-refractivity contribution in [2.45, 2.75) is 186 Å². The third-order valence-electron chi connectivity index (χ3n) is 16.2. The van der Waals surface area contributed by atoms with E-state index in [9.17, 15) is 33.4 Å². The molecule has 4 aliphatic heterocycles. The summed E-state index contributed by atoms with van der Waals surface area (Å²) < 4.78 is 102. The van der Waals surface area contributed by atoms with Crippen LogP contribution in [0.1, 0.15) is 110 Å². The van der Waals surface area contributed by atoms with E-state index in [2.05, 4.69) is 6.92 Å². The summed E-state index contributed by atoms with van der Waals surface area (Å²) in [4.78, 5) is 69.7. The van der Waals surface area contributed by atoms with Crippen LogP contribution in [0, 0.1) is 23.7 Å². The van der Waals surface area contributed by atoms with Crippen LogP contribution in [0.4, 0.5) is 4.79 Å². The van der Waals surface area contributed by atoms with Crippen LogP contribution in [0.15, 0.2) is 84.9 Å². The molecule has 4 saturated heterocycles. The molecule has 0 bridgehead atoms. The second-order valence-electron chi connectivity index (χ2n) is 22.9. The van der Waals surface area contributed by atoms with Gasteiger partial charge in [-0.15, -0.1) is 0 Å². The molecule has 20 nitrogen and oxygen atoms in total. The van der Waals surface area contributed by atoms with Crippen LogP contribution in [-0.2, 0) is 89.1 Å². The molecule has 1 amide bonds. The van der Waals surface area contributed by atoms with Gasteiger partial charge in [0.2, 0.25) is 0 Å². The summed E-state index contributed by atoms with van der Waals surface area (Å²) in [6.07, 6.45) is -9.51. The summed E-state index contributed by atoms with van der Waals surface area (Å²) in [7, 11) is 3.01. The predicted molar refractivity (Wildman–Crippen MR) is 321 cm³/mol. The van der Waals surface area contributed by atoms with Crippen molar-refractivity contribution in [2.24, 2.45) is 23.7 Å². The Bertz CT molecular complexity index is 2710. The maximum absolute atomic E-state index is 14.4. The molecule has 0 spiro atoms. The Labute approximate surface area is 504 Å². The molecule has 458 valence electrons. The summed E-state index contributed by atoms with van der Waals surface area (Å²) in [5.41, 5.74) is 1.11. The van der Waals surface area contributed by atoms with Gasteiger partial charge in [-0.3, -0.25) is 9.69 Å². The Hall–Kier alpha value is -4.75. The van der Waals surface area contributed by atoms with E-state index in [0.717, 1.165) is 31.6 Å². The zero-order chi connectivity index (χ0) is 61.6. The SMILES string of the molecule is CC[C@H](C)C1O[C@H](O[C@H]2C([C@H]3COC(C)(C)O3)O[C@@](Oc3ccc(C(=O)CN(Cc4ccccc4)C(=O)OCc4ccccc4)cc3)(C(=O)OC)C[C@H]2C)C(OC(C)=O)[C@@H](O[C@H]2O[C@@H]([C@@H](C)CC)[C@@H](PBB=O)C(C)C2OC(C)=O)[C@@H]1PBB=O. The van der Waals surface area contributed by atoms with Crippen molar-refractivity contribution < 1.29 is 90.2 Å². The van der Waals surface area contributed by atoms with E-state index in [0.29, 0.717) is 13.3 Å². The number of benzene rings is 3. The van der Waals surface area contributed by atoms with Crippen molar-refractivity contribution in [3.05, 3.63) is 102 Å². The Kier molecular flexibility index (Phi) is 25.1. The van der Waals surface area contributed by atoms with E-state index in [1.807, 2.05) is 95.3 Å². The van der Waals surface area contributed by atoms with E-state index >= 15 is 0 Å². The third-order valence-corrected chi connectivity index (χ3v) is 19.5. The number of Topliss-reactive ketones (excluding diaryl/α,β-unsaturated/α-hetero) is 1. The number of carbonyl (C=O) groups excluding carboxylic acids is 5. The molecule has 3 aromatic carbocycles. The molecule has 26 heteroatoms. The number of carbonyl (C=O) groups is 5. The average Bonchev–Trinajstić information content (AvgIpc) is 3.19. The summed E-state index contributed by atoms with van der Waals surface area (Å²) >= 11 is 0. The number of rotatable bonds is 27. The second kappa shape index (κ2) is 31.4. The van der Waals surface area contributed by atoms with E-state index < -0.39 is 109 Å². The van der Waals surface area contributed by atoms with Gasteiger partial charge in [0.05, 0.1) is 13.7 Å². The minimum absolute atomic E-state index is 0.00393. The first-order valence-corrected chi connectivity index (χ1v) is 31.9. The zero-order valence-corrected chi connectivity index (χ0v) is 52.5. The predicted octanol–water partition coefficient (Wildman–Crippen LogP) is 7.07. The molecule has 0 aliphatic carbocycles. The summed E-state index contributed by atoms with van der Waals surface area (Å²) in [5.74, 6) is -6.77. The number of ether oxygens (including phenoxy) is 12. The Morgan fingerprint density at radius 2 is 1.28 bits per heavy atom. The van der Waals surface area contributed by atoms with Gasteiger partial charge in [-0.2, -0.15) is 0 Å². The number of methoxy groups -OCH3 is 1. The number of esters is 3. The van der Waals surface area contributed by atoms with Crippen LogP contribution in [0.5, 0.6) is 5.75 Å². The van der Waals surface area contributed by atoms with Crippen molar-refractivity contribution in [3.63, 3.8) is 0 Å². The fraction of sp³-hybridized carbons (Fsp3) is 0.610. The van der Waals surface area contributed by atoms with Crippen molar-refractivity contribution in [1.82, 2.24) is 4.90 Å². The van der Waals surface area contributed by atoms with E-state index in [-0.39, 0.29) is 97.0 Å². The molecule has 0 aromatic heterocycles. The molecule has 4 aliphatic rings. The fourth-order valence-corrected chi connectivity index (χ4v) is 14.6. The van der Waals surface area contributed by atoms with Gasteiger partial charge in [-0.25, -0.2) is 9.59 Å². The Morgan fingerprint density at radius 3 is 1.84 bits per heavy atom. The van der Waals surface area contributed by atoms with Gasteiger partial charge < -0.3 is 9.47 Å². The van der Waals surface area contributed by atoms with Gasteiger partial charge in [0.25, 0.3) is 0 Å². The average molecular weight is 1210 g/mol. The van der Waals surface area contributed by atoms with Crippen molar-refractivity contribution in [3.8, 4) is 5.75 Å². The molecule has 4 fully saturated rings. The molecular weight excluding hydrogens is 1130 g/mol. The number of amides is 1. The monoisotopic (exact) mass is 1210 g/mol. The molecule has 85 heavy (non-hydrogen) atoms. The Balaban J connectivity index is 1.20. The Morgan fingerprint density at radius 1 is 0.729 bits per heavy atom.